The summed E-state index contributed by atoms with van der Waals surface area (Å²) in [6, 6.07) is 4.52. The number of guanidine groups is 1. The average Bonchev–Trinajstić information content (AvgIpc) is 3.07. The SMILES string of the molecule is CC(C)CCCC(C)NC(N)=NCc1ccnc(N2CCCC2)c1. The predicted octanol–water partition coefficient (Wildman–Crippen LogP) is 3.30. The van der Waals surface area contributed by atoms with Crippen molar-refractivity contribution in [3.8, 4) is 0 Å². The van der Waals surface area contributed by atoms with Gasteiger partial charge in [-0.2, -0.15) is 0 Å². The maximum Gasteiger partial charge on any atom is 0.189 e. The second-order valence-corrected chi connectivity index (χ2v) is 7.29. The second kappa shape index (κ2) is 9.50. The minimum atomic E-state index is 0.366. The molecule has 0 amide bonds. The van der Waals surface area contributed by atoms with Crippen molar-refractivity contribution in [2.75, 3.05) is 18.0 Å². The summed E-state index contributed by atoms with van der Waals surface area (Å²) < 4.78 is 0. The van der Waals surface area contributed by atoms with Crippen molar-refractivity contribution < 1.29 is 0 Å². The molecule has 1 unspecified atom stereocenters. The third-order valence-electron chi connectivity index (χ3n) is 4.48. The molecule has 1 aromatic heterocycles. The first-order chi connectivity index (χ1) is 11.5. The normalized spacial score (nSPS) is 16.7. The van der Waals surface area contributed by atoms with Gasteiger partial charge in [0.2, 0.25) is 0 Å². The number of aromatic nitrogens is 1. The van der Waals surface area contributed by atoms with Gasteiger partial charge >= 0.3 is 0 Å². The van der Waals surface area contributed by atoms with Crippen molar-refractivity contribution in [1.82, 2.24) is 10.3 Å². The Morgan fingerprint density at radius 1 is 1.29 bits per heavy atom. The molecule has 5 nitrogen and oxygen atoms in total. The van der Waals surface area contributed by atoms with E-state index in [0.29, 0.717) is 18.5 Å². The highest BCUT2D eigenvalue weighted by Gasteiger charge is 2.13. The van der Waals surface area contributed by atoms with Gasteiger partial charge in [0.1, 0.15) is 5.82 Å². The number of aliphatic imine (C=N–C) groups is 1. The van der Waals surface area contributed by atoms with Crippen LogP contribution in [0.5, 0.6) is 0 Å². The monoisotopic (exact) mass is 331 g/mol. The standard InChI is InChI=1S/C19H33N5/c1-15(2)7-6-8-16(3)23-19(20)22-14-17-9-10-21-18(13-17)24-11-4-5-12-24/h9-10,13,15-16H,4-8,11-12,14H2,1-3H3,(H3,20,22,23). The zero-order chi connectivity index (χ0) is 17.4. The molecule has 0 aliphatic carbocycles. The van der Waals surface area contributed by atoms with Crippen LogP contribution in [0.4, 0.5) is 5.82 Å². The lowest BCUT2D eigenvalue weighted by atomic mass is 10.0. The summed E-state index contributed by atoms with van der Waals surface area (Å²) in [4.78, 5) is 11.3. The fourth-order valence-corrected chi connectivity index (χ4v) is 3.06. The van der Waals surface area contributed by atoms with Gasteiger partial charge in [-0.25, -0.2) is 9.98 Å². The minimum absolute atomic E-state index is 0.366. The molecule has 1 aliphatic heterocycles. The largest absolute Gasteiger partial charge is 0.370 e. The number of nitrogens with zero attached hydrogens (tertiary/aromatic N) is 3. The van der Waals surface area contributed by atoms with Gasteiger partial charge in [0.05, 0.1) is 6.54 Å². The van der Waals surface area contributed by atoms with Gasteiger partial charge in [0, 0.05) is 25.3 Å². The number of pyridine rings is 1. The van der Waals surface area contributed by atoms with E-state index in [4.69, 9.17) is 5.73 Å². The Balaban J connectivity index is 1.80. The highest BCUT2D eigenvalue weighted by molar-refractivity contribution is 5.78. The molecule has 0 bridgehead atoms. The quantitative estimate of drug-likeness (QED) is 0.566. The molecule has 2 rings (SSSR count). The van der Waals surface area contributed by atoms with Crippen molar-refractivity contribution in [3.05, 3.63) is 23.9 Å². The first-order valence-corrected chi connectivity index (χ1v) is 9.31. The molecule has 0 spiro atoms. The summed E-state index contributed by atoms with van der Waals surface area (Å²) >= 11 is 0. The van der Waals surface area contributed by atoms with Gasteiger partial charge in [0.25, 0.3) is 0 Å². The molecule has 0 saturated carbocycles. The molecule has 134 valence electrons. The highest BCUT2D eigenvalue weighted by atomic mass is 15.2. The highest BCUT2D eigenvalue weighted by Crippen LogP contribution is 2.18. The third kappa shape index (κ3) is 6.38. The Kier molecular flexibility index (Phi) is 7.35. The summed E-state index contributed by atoms with van der Waals surface area (Å²) in [5, 5.41) is 3.30. The van der Waals surface area contributed by atoms with E-state index in [1.807, 2.05) is 12.3 Å². The van der Waals surface area contributed by atoms with Crippen LogP contribution in [-0.2, 0) is 6.54 Å². The van der Waals surface area contributed by atoms with E-state index in [9.17, 15) is 0 Å². The summed E-state index contributed by atoms with van der Waals surface area (Å²) in [7, 11) is 0. The van der Waals surface area contributed by atoms with Crippen molar-refractivity contribution in [2.45, 2.75) is 65.5 Å². The van der Waals surface area contributed by atoms with E-state index >= 15 is 0 Å². The van der Waals surface area contributed by atoms with Gasteiger partial charge in [-0.05, 0) is 49.8 Å². The molecule has 0 radical (unpaired) electrons. The zero-order valence-corrected chi connectivity index (χ0v) is 15.5. The Morgan fingerprint density at radius 2 is 2.04 bits per heavy atom. The maximum atomic E-state index is 6.03. The second-order valence-electron chi connectivity index (χ2n) is 7.29. The van der Waals surface area contributed by atoms with Crippen LogP contribution < -0.4 is 16.0 Å². The van der Waals surface area contributed by atoms with E-state index < -0.39 is 0 Å². The van der Waals surface area contributed by atoms with Crippen molar-refractivity contribution in [2.24, 2.45) is 16.6 Å². The molecule has 2 heterocycles. The van der Waals surface area contributed by atoms with E-state index in [1.165, 1.54) is 25.7 Å². The number of anilines is 1. The van der Waals surface area contributed by atoms with Gasteiger partial charge in [-0.15, -0.1) is 0 Å². The van der Waals surface area contributed by atoms with Gasteiger partial charge in [0.15, 0.2) is 5.96 Å². The average molecular weight is 332 g/mol. The molecule has 5 heteroatoms. The third-order valence-corrected chi connectivity index (χ3v) is 4.48. The molecule has 0 aromatic carbocycles. The van der Waals surface area contributed by atoms with Gasteiger partial charge in [-0.1, -0.05) is 26.7 Å². The summed E-state index contributed by atoms with van der Waals surface area (Å²) in [5.41, 5.74) is 7.18. The Morgan fingerprint density at radius 3 is 2.75 bits per heavy atom. The first-order valence-electron chi connectivity index (χ1n) is 9.31. The van der Waals surface area contributed by atoms with Gasteiger partial charge < -0.3 is 16.0 Å². The zero-order valence-electron chi connectivity index (χ0n) is 15.5. The smallest absolute Gasteiger partial charge is 0.189 e. The van der Waals surface area contributed by atoms with Crippen LogP contribution in [0.25, 0.3) is 0 Å². The Labute approximate surface area is 146 Å². The van der Waals surface area contributed by atoms with Crippen LogP contribution in [0.1, 0.15) is 58.4 Å². The molecule has 1 atom stereocenters. The molecular formula is C19H33N5. The number of rotatable bonds is 8. The van der Waals surface area contributed by atoms with E-state index in [2.05, 4.69) is 47.0 Å². The van der Waals surface area contributed by atoms with Crippen LogP contribution in [0.15, 0.2) is 23.3 Å². The number of nitrogens with one attached hydrogen (secondary N) is 1. The van der Waals surface area contributed by atoms with E-state index in [1.54, 1.807) is 0 Å². The van der Waals surface area contributed by atoms with Crippen LogP contribution in [0, 0.1) is 5.92 Å². The number of hydrogen-bond acceptors (Lipinski definition) is 3. The molecule has 1 aromatic rings. The molecule has 1 aliphatic rings. The van der Waals surface area contributed by atoms with Gasteiger partial charge in [-0.3, -0.25) is 0 Å². The number of hydrogen-bond donors (Lipinski definition) is 2. The van der Waals surface area contributed by atoms with Crippen LogP contribution in [-0.4, -0.2) is 30.1 Å². The summed E-state index contributed by atoms with van der Waals surface area (Å²) in [5.74, 6) is 2.36. The van der Waals surface area contributed by atoms with Crippen molar-refractivity contribution in [3.63, 3.8) is 0 Å². The lowest BCUT2D eigenvalue weighted by Gasteiger charge is -2.17. The molecule has 1 fully saturated rings. The van der Waals surface area contributed by atoms with Crippen molar-refractivity contribution in [1.29, 1.82) is 0 Å². The lowest BCUT2D eigenvalue weighted by Crippen LogP contribution is -2.38. The minimum Gasteiger partial charge on any atom is -0.370 e. The number of nitrogens with two attached hydrogens (primary N) is 1. The fourth-order valence-electron chi connectivity index (χ4n) is 3.06. The predicted molar refractivity (Wildman–Crippen MR) is 102 cm³/mol. The molecule has 1 saturated heterocycles. The van der Waals surface area contributed by atoms with Crippen LogP contribution in [0.2, 0.25) is 0 Å². The topological polar surface area (TPSA) is 66.5 Å². The Bertz CT molecular complexity index is 520. The van der Waals surface area contributed by atoms with Crippen molar-refractivity contribution >= 4 is 11.8 Å². The Hall–Kier alpha value is -1.78. The maximum absolute atomic E-state index is 6.03. The fraction of sp³-hybridized carbons (Fsp3) is 0.684. The molecular weight excluding hydrogens is 298 g/mol. The summed E-state index contributed by atoms with van der Waals surface area (Å²) in [6.07, 6.45) is 8.01. The van der Waals surface area contributed by atoms with E-state index in [-0.39, 0.29) is 0 Å². The molecule has 3 N–H and O–H groups in total. The van der Waals surface area contributed by atoms with Crippen LogP contribution in [0.3, 0.4) is 0 Å². The lowest BCUT2D eigenvalue weighted by molar-refractivity contribution is 0.493. The first kappa shape index (κ1) is 18.6. The summed E-state index contributed by atoms with van der Waals surface area (Å²) in [6.45, 7) is 9.51. The molecule has 24 heavy (non-hydrogen) atoms. The van der Waals surface area contributed by atoms with Crippen LogP contribution >= 0.6 is 0 Å². The van der Waals surface area contributed by atoms with E-state index in [0.717, 1.165) is 36.8 Å².